The summed E-state index contributed by atoms with van der Waals surface area (Å²) in [7, 11) is 0. The van der Waals surface area contributed by atoms with E-state index in [1.54, 1.807) is 0 Å². The fraction of sp³-hybridized carbons (Fsp3) is 0.519. The van der Waals surface area contributed by atoms with E-state index < -0.39 is 5.60 Å². The zero-order valence-corrected chi connectivity index (χ0v) is 19.0. The van der Waals surface area contributed by atoms with Crippen LogP contribution in [-0.4, -0.2) is 23.1 Å². The lowest BCUT2D eigenvalue weighted by Crippen LogP contribution is -2.49. The second-order valence-corrected chi connectivity index (χ2v) is 10.3. The van der Waals surface area contributed by atoms with E-state index in [4.69, 9.17) is 4.74 Å². The smallest absolute Gasteiger partial charge is 0.410 e. The van der Waals surface area contributed by atoms with Gasteiger partial charge in [-0.2, -0.15) is 0 Å². The van der Waals surface area contributed by atoms with Gasteiger partial charge in [0.05, 0.1) is 12.1 Å². The second kappa shape index (κ2) is 7.89. The highest BCUT2D eigenvalue weighted by molar-refractivity contribution is 5.72. The molecule has 2 aromatic rings. The molecule has 164 valence electrons. The van der Waals surface area contributed by atoms with Crippen molar-refractivity contribution in [2.45, 2.75) is 77.0 Å². The van der Waals surface area contributed by atoms with Crippen LogP contribution in [0.5, 0.6) is 0 Å². The quantitative estimate of drug-likeness (QED) is 0.581. The van der Waals surface area contributed by atoms with Gasteiger partial charge in [0.1, 0.15) is 5.60 Å². The molecule has 2 aromatic carbocycles. The van der Waals surface area contributed by atoms with Crippen molar-refractivity contribution in [3.8, 4) is 0 Å². The molecule has 2 heterocycles. The Bertz CT molecular complexity index is 963. The van der Waals surface area contributed by atoms with Gasteiger partial charge in [0.2, 0.25) is 0 Å². The fourth-order valence-corrected chi connectivity index (χ4v) is 5.81. The molecule has 1 saturated heterocycles. The number of hydrogen-bond acceptors (Lipinski definition) is 3. The number of rotatable bonds is 1. The first-order valence-electron chi connectivity index (χ1n) is 11.9. The summed E-state index contributed by atoms with van der Waals surface area (Å²) in [6, 6.07) is 15.6. The number of fused-ring (bicyclic) bond motifs is 5. The summed E-state index contributed by atoms with van der Waals surface area (Å²) in [6.45, 7) is 6.61. The third-order valence-corrected chi connectivity index (χ3v) is 7.08. The minimum absolute atomic E-state index is 0.0530. The van der Waals surface area contributed by atoms with Crippen LogP contribution in [0.1, 0.15) is 80.8 Å². The highest BCUT2D eigenvalue weighted by Gasteiger charge is 2.46. The van der Waals surface area contributed by atoms with Crippen molar-refractivity contribution in [1.29, 1.82) is 0 Å². The molecule has 0 aromatic heterocycles. The second-order valence-electron chi connectivity index (χ2n) is 10.3. The average molecular weight is 419 g/mol. The number of benzene rings is 2. The number of carbonyl (C=O) groups excluding carboxylic acids is 1. The Morgan fingerprint density at radius 3 is 2.58 bits per heavy atom. The number of carbonyl (C=O) groups is 1. The van der Waals surface area contributed by atoms with Gasteiger partial charge in [0, 0.05) is 18.2 Å². The van der Waals surface area contributed by atoms with Gasteiger partial charge in [-0.25, -0.2) is 4.79 Å². The zero-order valence-electron chi connectivity index (χ0n) is 19.0. The van der Waals surface area contributed by atoms with Crippen molar-refractivity contribution in [1.82, 2.24) is 4.90 Å². The normalized spacial score (nSPS) is 25.0. The van der Waals surface area contributed by atoms with E-state index in [2.05, 4.69) is 47.8 Å². The molecule has 1 aliphatic carbocycles. The van der Waals surface area contributed by atoms with Crippen molar-refractivity contribution in [2.24, 2.45) is 5.92 Å². The van der Waals surface area contributed by atoms with E-state index in [1.165, 1.54) is 40.8 Å². The van der Waals surface area contributed by atoms with Gasteiger partial charge < -0.3 is 15.0 Å². The molecule has 4 heteroatoms. The topological polar surface area (TPSA) is 41.6 Å². The highest BCUT2D eigenvalue weighted by atomic mass is 16.6. The molecule has 31 heavy (non-hydrogen) atoms. The number of piperidine rings is 1. The molecule has 2 aliphatic heterocycles. The maximum atomic E-state index is 13.3. The number of nitrogens with one attached hydrogen (secondary N) is 1. The van der Waals surface area contributed by atoms with E-state index in [-0.39, 0.29) is 18.2 Å². The summed E-state index contributed by atoms with van der Waals surface area (Å²) in [6.07, 6.45) is 6.72. The standard InChI is InChI=1S/C27H34N2O2/c1-27(2,3)31-26(30)29-17-9-14-21-23(19-11-5-4-6-12-19)28-24-20-13-8-7-10-18(20)15-16-22(24)25(21)29/h4-6,11-12,15-16,21,23,25,28H,7-10,13-14,17H2,1-3H3/t21-,23-,25-/m1/s1. The van der Waals surface area contributed by atoms with Gasteiger partial charge in [0.25, 0.3) is 0 Å². The Balaban J connectivity index is 1.62. The Labute approximate surface area is 186 Å². The maximum Gasteiger partial charge on any atom is 0.410 e. The molecule has 0 bridgehead atoms. The van der Waals surface area contributed by atoms with Gasteiger partial charge in [-0.3, -0.25) is 0 Å². The van der Waals surface area contributed by atoms with Crippen LogP contribution < -0.4 is 5.32 Å². The molecule has 1 N–H and O–H groups in total. The zero-order chi connectivity index (χ0) is 21.6. The molecule has 0 spiro atoms. The van der Waals surface area contributed by atoms with Gasteiger partial charge in [-0.15, -0.1) is 0 Å². The summed E-state index contributed by atoms with van der Waals surface area (Å²) in [5.41, 5.74) is 6.32. The summed E-state index contributed by atoms with van der Waals surface area (Å²) < 4.78 is 5.86. The van der Waals surface area contributed by atoms with E-state index in [1.807, 2.05) is 25.7 Å². The number of amides is 1. The monoisotopic (exact) mass is 418 g/mol. The lowest BCUT2D eigenvalue weighted by Gasteiger charge is -2.49. The molecular weight excluding hydrogens is 384 g/mol. The minimum Gasteiger partial charge on any atom is -0.444 e. The van der Waals surface area contributed by atoms with E-state index >= 15 is 0 Å². The highest BCUT2D eigenvalue weighted by Crippen LogP contribution is 2.52. The van der Waals surface area contributed by atoms with Crippen LogP contribution in [-0.2, 0) is 17.6 Å². The van der Waals surface area contributed by atoms with Crippen molar-refractivity contribution >= 4 is 11.8 Å². The number of aryl methyl sites for hydroxylation is 1. The van der Waals surface area contributed by atoms with Crippen molar-refractivity contribution in [3.63, 3.8) is 0 Å². The van der Waals surface area contributed by atoms with E-state index in [0.29, 0.717) is 5.92 Å². The molecule has 0 unspecified atom stereocenters. The Kier molecular flexibility index (Phi) is 5.19. The number of nitrogens with zero attached hydrogens (tertiary/aromatic N) is 1. The van der Waals surface area contributed by atoms with Gasteiger partial charge >= 0.3 is 6.09 Å². The Morgan fingerprint density at radius 1 is 1.03 bits per heavy atom. The van der Waals surface area contributed by atoms with Gasteiger partial charge in [0.15, 0.2) is 0 Å². The van der Waals surface area contributed by atoms with Crippen LogP contribution >= 0.6 is 0 Å². The summed E-state index contributed by atoms with van der Waals surface area (Å²) >= 11 is 0. The fourth-order valence-electron chi connectivity index (χ4n) is 5.81. The third-order valence-electron chi connectivity index (χ3n) is 7.08. The van der Waals surface area contributed by atoms with Gasteiger partial charge in [-0.05, 0) is 81.5 Å². The number of ether oxygens (including phenoxy) is 1. The molecule has 1 fully saturated rings. The first kappa shape index (κ1) is 20.4. The Morgan fingerprint density at radius 2 is 1.81 bits per heavy atom. The van der Waals surface area contributed by atoms with E-state index in [0.717, 1.165) is 32.2 Å². The average Bonchev–Trinajstić information content (AvgIpc) is 2.77. The summed E-state index contributed by atoms with van der Waals surface area (Å²) in [4.78, 5) is 15.3. The van der Waals surface area contributed by atoms with Crippen molar-refractivity contribution in [2.75, 3.05) is 11.9 Å². The molecular formula is C27H34N2O2. The molecule has 5 rings (SSSR count). The molecule has 0 radical (unpaired) electrons. The van der Waals surface area contributed by atoms with Gasteiger partial charge in [-0.1, -0.05) is 42.5 Å². The molecule has 3 aliphatic rings. The van der Waals surface area contributed by atoms with Crippen LogP contribution in [0.25, 0.3) is 0 Å². The van der Waals surface area contributed by atoms with E-state index in [9.17, 15) is 4.79 Å². The molecule has 0 saturated carbocycles. The van der Waals surface area contributed by atoms with Crippen LogP contribution in [0.3, 0.4) is 0 Å². The van der Waals surface area contributed by atoms with Crippen LogP contribution in [0.15, 0.2) is 42.5 Å². The molecule has 3 atom stereocenters. The molecule has 4 nitrogen and oxygen atoms in total. The first-order valence-corrected chi connectivity index (χ1v) is 11.9. The lowest BCUT2D eigenvalue weighted by molar-refractivity contribution is -0.00383. The van der Waals surface area contributed by atoms with Crippen LogP contribution in [0.2, 0.25) is 0 Å². The number of hydrogen-bond donors (Lipinski definition) is 1. The molecule has 1 amide bonds. The van der Waals surface area contributed by atoms with Crippen LogP contribution in [0.4, 0.5) is 10.5 Å². The minimum atomic E-state index is -0.492. The third kappa shape index (κ3) is 3.81. The predicted molar refractivity (Wildman–Crippen MR) is 124 cm³/mol. The summed E-state index contributed by atoms with van der Waals surface area (Å²) in [5.74, 6) is 0.331. The number of anilines is 1. The predicted octanol–water partition coefficient (Wildman–Crippen LogP) is 6.42. The van der Waals surface area contributed by atoms with Crippen LogP contribution in [0, 0.1) is 5.92 Å². The number of likely N-dealkylation sites (tertiary alicyclic amines) is 1. The Hall–Kier alpha value is -2.49. The largest absolute Gasteiger partial charge is 0.444 e. The lowest BCUT2D eigenvalue weighted by atomic mass is 9.72. The first-order chi connectivity index (χ1) is 14.9. The van der Waals surface area contributed by atoms with Crippen molar-refractivity contribution in [3.05, 3.63) is 64.7 Å². The SMILES string of the molecule is CC(C)(C)OC(=O)N1CCC[C@@H]2[C@@H](c3ccccc3)Nc3c(ccc4c3CCCC4)[C@@H]21. The van der Waals surface area contributed by atoms with Crippen molar-refractivity contribution < 1.29 is 9.53 Å². The summed E-state index contributed by atoms with van der Waals surface area (Å²) in [5, 5.41) is 3.97. The maximum absolute atomic E-state index is 13.3.